The van der Waals surface area contributed by atoms with Crippen LogP contribution in [0.3, 0.4) is 0 Å². The number of carbonyl (C=O) groups is 4. The molecular formula is C101H111NO4. The minimum atomic E-state index is 0.176. The van der Waals surface area contributed by atoms with Gasteiger partial charge in [0.05, 0.1) is 5.52 Å². The zero-order chi connectivity index (χ0) is 71.6. The van der Waals surface area contributed by atoms with Crippen molar-refractivity contribution < 1.29 is 19.2 Å². The number of Topliss-reactive ketones (excluding diaryl/α,β-unsaturated/α-hetero) is 4. The maximum Gasteiger partial charge on any atom is 0.168 e. The molecule has 11 atom stereocenters. The lowest BCUT2D eigenvalue weighted by Gasteiger charge is -2.31. The van der Waals surface area contributed by atoms with Crippen LogP contribution < -0.4 is 0 Å². The van der Waals surface area contributed by atoms with Gasteiger partial charge in [0.25, 0.3) is 0 Å². The molecule has 0 N–H and O–H groups in total. The third kappa shape index (κ3) is 12.2. The van der Waals surface area contributed by atoms with Gasteiger partial charge in [-0.05, 0) is 277 Å². The van der Waals surface area contributed by atoms with E-state index < -0.39 is 0 Å². The fraction of sp³-hybridized carbons (Fsp3) is 0.485. The van der Waals surface area contributed by atoms with Crippen LogP contribution in [0, 0.1) is 64.6 Å². The summed E-state index contributed by atoms with van der Waals surface area (Å²) in [7, 11) is 0. The number of hydrogen-bond acceptors (Lipinski definition) is 4. The van der Waals surface area contributed by atoms with Gasteiger partial charge in [-0.25, -0.2) is 0 Å². The van der Waals surface area contributed by atoms with Crippen molar-refractivity contribution in [1.82, 2.24) is 4.57 Å². The zero-order valence-corrected chi connectivity index (χ0v) is 63.9. The van der Waals surface area contributed by atoms with Crippen LogP contribution in [0.4, 0.5) is 0 Å². The molecule has 0 spiro atoms. The Hall–Kier alpha value is -7.76. The molecular weight excluding hydrogens is 1290 g/mol. The Kier molecular flexibility index (Phi) is 18.2. The van der Waals surface area contributed by atoms with Crippen molar-refractivity contribution in [2.45, 2.75) is 245 Å². The van der Waals surface area contributed by atoms with Crippen molar-refractivity contribution in [3.05, 3.63) is 252 Å². The molecule has 2 saturated carbocycles. The van der Waals surface area contributed by atoms with Gasteiger partial charge >= 0.3 is 0 Å². The number of carbonyl (C=O) groups excluding carboxylic acids is 4. The van der Waals surface area contributed by atoms with Gasteiger partial charge < -0.3 is 4.57 Å². The number of ketones is 4. The van der Waals surface area contributed by atoms with E-state index in [-0.39, 0.29) is 29.1 Å². The molecule has 22 rings (SSSR count). The second-order valence-corrected chi connectivity index (χ2v) is 36.8. The molecule has 5 aromatic rings. The number of aromatic nitrogens is 1. The van der Waals surface area contributed by atoms with E-state index >= 15 is 0 Å². The molecule has 7 unspecified atom stereocenters. The molecule has 1 aromatic heterocycles. The smallest absolute Gasteiger partial charge is 0.168 e. The lowest BCUT2D eigenvalue weighted by Crippen LogP contribution is -2.25. The maximum atomic E-state index is 13.6. The van der Waals surface area contributed by atoms with Crippen molar-refractivity contribution in [3.8, 4) is 0 Å². The molecule has 0 bridgehead atoms. The Morgan fingerprint density at radius 2 is 0.821 bits per heavy atom. The standard InChI is InChI=1S/C27H30O.C26H28O.C26H30O.C22H23NO/c28-27-21(16-20-10-2-9-19(20)15-17-5-1-6-17)13-14-23-22-11-3-7-18-8-4-12-24(25(18)22)26(23)27;27-26-20(15-19-7-1-6-18(19)14-16-10-11-16)12-13-22-21-8-2-4-17-5-3-9-23(24(17)21)25(22)26;1-26(2,3)22-12-6-9-17(22)15-18-13-14-20-19-10-4-7-16-8-5-11-21(23(16)19)24(20)25(18)27;1-14-5-2-7-16(14)13-17-10-11-19-20(22(17)24)18-9-3-6-15-8-4-12-23(19)21(15)18/h2,4,8-10,12,17,20-22H,1,3,5-7,11,13-16H2;1,3,5-7,9,16,19-21H,2,4,8,10-15H2;5-6,8-9,11-12,17-19H,4,7,10,13-15H2,1-3H3;2-3,5-7,9,16-17H,4,8,10-13H2,1H3/t20?,21-,22?;19?,20-,21?;17?,18-,19?;16?,17-/m1111/s1. The number of rotatable bonds is 12. The van der Waals surface area contributed by atoms with Crippen molar-refractivity contribution in [2.24, 2.45) is 64.6 Å². The monoisotopic (exact) mass is 1400 g/mol. The summed E-state index contributed by atoms with van der Waals surface area (Å²) in [5.41, 5.74) is 32.2. The van der Waals surface area contributed by atoms with E-state index in [1.54, 1.807) is 11.1 Å². The SMILES string of the molecule is CC(C)(C)C1=CC=CC1C[C@H]1CCC2=C(C1=O)c1cccc3c1C2CCC3.CC1=CC=CC1C[C@H]1CCc2c(c3cccc4c3n2CCC4)C1=O.O=C1C2=C(CC[C@@H]1CC1C=CC=C1CC1CC1)C1CCCc3cccc2c31.O=C1C2=C(CC[C@@H]1CC1C=CC=C1CC1CCC1)C1CCCc3cccc2c31. The highest BCUT2D eigenvalue weighted by atomic mass is 16.1. The van der Waals surface area contributed by atoms with Gasteiger partial charge in [0.1, 0.15) is 0 Å². The van der Waals surface area contributed by atoms with Gasteiger partial charge in [-0.3, -0.25) is 19.2 Å². The quantitative estimate of drug-likeness (QED) is 0.125. The summed E-state index contributed by atoms with van der Waals surface area (Å²) in [6.07, 6.45) is 62.9. The normalized spacial score (nSPS) is 29.2. The van der Waals surface area contributed by atoms with Gasteiger partial charge in [0.15, 0.2) is 23.1 Å². The van der Waals surface area contributed by atoms with E-state index in [1.165, 1.54) is 209 Å². The first-order chi connectivity index (χ1) is 51.8. The zero-order valence-electron chi connectivity index (χ0n) is 63.9. The lowest BCUT2D eigenvalue weighted by atomic mass is 9.72. The second kappa shape index (κ2) is 28.0. The second-order valence-electron chi connectivity index (χ2n) is 36.8. The number of nitrogens with zero attached hydrogens (tertiary/aromatic N) is 1. The summed E-state index contributed by atoms with van der Waals surface area (Å²) in [6.45, 7) is 10.1. The van der Waals surface area contributed by atoms with Gasteiger partial charge in [-0.1, -0.05) is 225 Å². The lowest BCUT2D eigenvalue weighted by molar-refractivity contribution is -0.119. The van der Waals surface area contributed by atoms with Crippen molar-refractivity contribution >= 4 is 50.8 Å². The molecule has 0 saturated heterocycles. The van der Waals surface area contributed by atoms with E-state index in [1.807, 2.05) is 0 Å². The Labute approximate surface area is 631 Å². The highest BCUT2D eigenvalue weighted by molar-refractivity contribution is 6.27. The summed E-state index contributed by atoms with van der Waals surface area (Å²) < 4.78 is 2.46. The first-order valence-corrected chi connectivity index (χ1v) is 42.6. The number of benzene rings is 4. The topological polar surface area (TPSA) is 73.2 Å². The highest BCUT2D eigenvalue weighted by Crippen LogP contribution is 2.59. The van der Waals surface area contributed by atoms with E-state index in [0.29, 0.717) is 64.6 Å². The van der Waals surface area contributed by atoms with Crippen molar-refractivity contribution in [1.29, 1.82) is 0 Å². The number of aryl methyl sites for hydroxylation is 5. The van der Waals surface area contributed by atoms with Crippen molar-refractivity contribution in [3.63, 3.8) is 0 Å². The minimum Gasteiger partial charge on any atom is -0.344 e. The molecule has 17 aliphatic rings. The molecule has 5 nitrogen and oxygen atoms in total. The number of allylic oxidation sites excluding steroid dienone is 22. The van der Waals surface area contributed by atoms with Crippen molar-refractivity contribution in [2.75, 3.05) is 0 Å². The fourth-order valence-corrected chi connectivity index (χ4v) is 24.0. The molecule has 5 heteroatoms. The van der Waals surface area contributed by atoms with Gasteiger partial charge in [0, 0.05) is 81.3 Å². The van der Waals surface area contributed by atoms with Crippen LogP contribution in [0.15, 0.2) is 185 Å². The van der Waals surface area contributed by atoms with Crippen LogP contribution in [0.25, 0.3) is 27.6 Å². The molecule has 4 aromatic carbocycles. The number of fused-ring (bicyclic) bond motifs is 9. The van der Waals surface area contributed by atoms with E-state index in [0.717, 1.165) is 124 Å². The largest absolute Gasteiger partial charge is 0.344 e. The molecule has 2 fully saturated rings. The van der Waals surface area contributed by atoms with Crippen LogP contribution in [-0.2, 0) is 53.0 Å². The average molecular weight is 1400 g/mol. The highest BCUT2D eigenvalue weighted by Gasteiger charge is 2.47. The summed E-state index contributed by atoms with van der Waals surface area (Å²) in [6, 6.07) is 26.6. The Morgan fingerprint density at radius 1 is 0.396 bits per heavy atom. The molecule has 2 heterocycles. The van der Waals surface area contributed by atoms with Gasteiger partial charge in [-0.2, -0.15) is 0 Å². The van der Waals surface area contributed by atoms with Crippen LogP contribution in [-0.4, -0.2) is 27.7 Å². The third-order valence-electron chi connectivity index (χ3n) is 29.6. The first kappa shape index (κ1) is 68.7. The molecule has 544 valence electrons. The van der Waals surface area contributed by atoms with Crippen LogP contribution in [0.2, 0.25) is 0 Å². The molecule has 0 radical (unpaired) electrons. The van der Waals surface area contributed by atoms with Crippen LogP contribution in [0.5, 0.6) is 0 Å². The predicted octanol–water partition coefficient (Wildman–Crippen LogP) is 24.0. The third-order valence-corrected chi connectivity index (χ3v) is 29.6. The fourth-order valence-electron chi connectivity index (χ4n) is 24.0. The minimum absolute atomic E-state index is 0.176. The molecule has 106 heavy (non-hydrogen) atoms. The summed E-state index contributed by atoms with van der Waals surface area (Å²) in [4.78, 5) is 54.2. The summed E-state index contributed by atoms with van der Waals surface area (Å²) >= 11 is 0. The molecule has 0 amide bonds. The van der Waals surface area contributed by atoms with Gasteiger partial charge in [0.2, 0.25) is 0 Å². The molecule has 1 aliphatic heterocycles. The average Bonchev–Trinajstić information content (AvgIpc) is 1.60. The van der Waals surface area contributed by atoms with Gasteiger partial charge in [-0.15, -0.1) is 0 Å². The first-order valence-electron chi connectivity index (χ1n) is 42.6. The Balaban J connectivity index is 0.0000000968. The Morgan fingerprint density at radius 3 is 1.30 bits per heavy atom. The van der Waals surface area contributed by atoms with Crippen LogP contribution >= 0.6 is 0 Å². The maximum absolute atomic E-state index is 13.6. The van der Waals surface area contributed by atoms with E-state index in [9.17, 15) is 19.2 Å². The van der Waals surface area contributed by atoms with Crippen LogP contribution in [0.1, 0.15) is 278 Å². The van der Waals surface area contributed by atoms with E-state index in [4.69, 9.17) is 0 Å². The summed E-state index contributed by atoms with van der Waals surface area (Å²) in [5, 5.41) is 1.21. The molecule has 16 aliphatic carbocycles. The number of hydrogen-bond donors (Lipinski definition) is 0. The summed E-state index contributed by atoms with van der Waals surface area (Å²) in [5.74, 6) is 7.96. The number of para-hydroxylation sites is 1. The van der Waals surface area contributed by atoms with E-state index in [2.05, 4.69) is 178 Å². The Bertz CT molecular complexity index is 4870. The predicted molar refractivity (Wildman–Crippen MR) is 432 cm³/mol.